The molecule has 1 aliphatic heterocycles. The summed E-state index contributed by atoms with van der Waals surface area (Å²) < 4.78 is 22.3. The Balaban J connectivity index is 0.00000104. The van der Waals surface area contributed by atoms with Crippen LogP contribution in [0.1, 0.15) is 81.5 Å². The molecular formula is C39H57N3O10. The standard InChI is InChI=1S/C35H53N3O6.C4H4O4/c1-7-9-10-11-12-13-18-37(34(39)24-36-17-8-2)25-35(40)38-19-16-27-22-32(43-5)33(44-6)23-28(27)29(38)20-26-14-15-30(41-3)31(21-26)42-4;5-3(6)1-2-4(7)8/h14-15,21-23,29,36H,7-13,16-20,24-25H2,1-6H3;1-2H,(H,5,6)(H,7,8)/b;2-1+. The Kier molecular flexibility index (Phi) is 19.7. The van der Waals surface area contributed by atoms with Gasteiger partial charge in [-0.3, -0.25) is 9.59 Å². The quantitative estimate of drug-likeness (QED) is 0.113. The highest BCUT2D eigenvalue weighted by Gasteiger charge is 2.34. The van der Waals surface area contributed by atoms with Crippen LogP contribution in [0.15, 0.2) is 42.5 Å². The molecule has 0 saturated heterocycles. The van der Waals surface area contributed by atoms with Crippen LogP contribution in [0.3, 0.4) is 0 Å². The number of carboxylic acids is 2. The molecule has 1 atom stereocenters. The smallest absolute Gasteiger partial charge is 0.328 e. The van der Waals surface area contributed by atoms with Crippen LogP contribution >= 0.6 is 0 Å². The van der Waals surface area contributed by atoms with Gasteiger partial charge in [0.25, 0.3) is 0 Å². The zero-order valence-electron chi connectivity index (χ0n) is 31.6. The molecule has 3 rings (SSSR count). The number of hydrogen-bond donors (Lipinski definition) is 3. The van der Waals surface area contributed by atoms with Crippen molar-refractivity contribution in [2.75, 3.05) is 61.2 Å². The summed E-state index contributed by atoms with van der Waals surface area (Å²) in [5.74, 6) is -0.00117. The first-order valence-corrected chi connectivity index (χ1v) is 17.9. The monoisotopic (exact) mass is 727 g/mol. The number of unbranched alkanes of at least 4 members (excludes halogenated alkanes) is 5. The van der Waals surface area contributed by atoms with Gasteiger partial charge in [0.15, 0.2) is 23.0 Å². The van der Waals surface area contributed by atoms with Gasteiger partial charge < -0.3 is 44.3 Å². The van der Waals surface area contributed by atoms with Crippen LogP contribution in [0.2, 0.25) is 0 Å². The predicted octanol–water partition coefficient (Wildman–Crippen LogP) is 5.29. The average molecular weight is 728 g/mol. The van der Waals surface area contributed by atoms with E-state index in [1.165, 1.54) is 19.3 Å². The molecular weight excluding hydrogens is 670 g/mol. The summed E-state index contributed by atoms with van der Waals surface area (Å²) >= 11 is 0. The van der Waals surface area contributed by atoms with Crippen LogP contribution in [0.5, 0.6) is 23.0 Å². The number of methoxy groups -OCH3 is 4. The lowest BCUT2D eigenvalue weighted by molar-refractivity contribution is -0.142. The number of amides is 2. The highest BCUT2D eigenvalue weighted by atomic mass is 16.5. The van der Waals surface area contributed by atoms with E-state index in [2.05, 4.69) is 19.2 Å². The lowest BCUT2D eigenvalue weighted by Gasteiger charge is -2.39. The summed E-state index contributed by atoms with van der Waals surface area (Å²) in [6, 6.07) is 9.62. The molecule has 2 aromatic rings. The Morgan fingerprint density at radius 3 is 2.00 bits per heavy atom. The van der Waals surface area contributed by atoms with Crippen LogP contribution in [0.25, 0.3) is 0 Å². The highest BCUT2D eigenvalue weighted by Crippen LogP contribution is 2.40. The summed E-state index contributed by atoms with van der Waals surface area (Å²) in [6.45, 7) is 6.49. The van der Waals surface area contributed by atoms with E-state index in [0.717, 1.165) is 48.9 Å². The van der Waals surface area contributed by atoms with E-state index in [-0.39, 0.29) is 30.9 Å². The third-order valence-corrected chi connectivity index (χ3v) is 8.73. The van der Waals surface area contributed by atoms with Crippen LogP contribution in [-0.2, 0) is 32.0 Å². The van der Waals surface area contributed by atoms with Crippen molar-refractivity contribution in [3.05, 3.63) is 59.2 Å². The topological polar surface area (TPSA) is 164 Å². The third-order valence-electron chi connectivity index (χ3n) is 8.73. The molecule has 0 aromatic heterocycles. The summed E-state index contributed by atoms with van der Waals surface area (Å²) in [5.41, 5.74) is 3.16. The largest absolute Gasteiger partial charge is 0.493 e. The maximum atomic E-state index is 14.1. The first kappa shape index (κ1) is 43.4. The fourth-order valence-corrected chi connectivity index (χ4v) is 6.03. The fraction of sp³-hybridized carbons (Fsp3) is 0.538. The normalized spacial score (nSPS) is 13.4. The maximum absolute atomic E-state index is 14.1. The van der Waals surface area contributed by atoms with Crippen LogP contribution in [0.4, 0.5) is 0 Å². The lowest BCUT2D eigenvalue weighted by atomic mass is 9.88. The number of carbonyl (C=O) groups is 4. The van der Waals surface area contributed by atoms with Crippen molar-refractivity contribution >= 4 is 23.8 Å². The Bertz CT molecular complexity index is 1460. The molecule has 0 aliphatic carbocycles. The third kappa shape index (κ3) is 14.1. The number of carbonyl (C=O) groups excluding carboxylic acids is 2. The number of aliphatic carboxylic acids is 2. The number of nitrogens with one attached hydrogen (secondary N) is 1. The minimum atomic E-state index is -1.26. The molecule has 13 heteroatoms. The van der Waals surface area contributed by atoms with Gasteiger partial charge in [-0.2, -0.15) is 0 Å². The van der Waals surface area contributed by atoms with Gasteiger partial charge in [0, 0.05) is 25.2 Å². The Morgan fingerprint density at radius 1 is 0.808 bits per heavy atom. The van der Waals surface area contributed by atoms with Crippen molar-refractivity contribution in [1.82, 2.24) is 15.1 Å². The molecule has 2 aromatic carbocycles. The van der Waals surface area contributed by atoms with Gasteiger partial charge in [-0.25, -0.2) is 9.59 Å². The minimum absolute atomic E-state index is 0.0272. The molecule has 3 N–H and O–H groups in total. The molecule has 52 heavy (non-hydrogen) atoms. The van der Waals surface area contributed by atoms with Crippen molar-refractivity contribution in [3.8, 4) is 23.0 Å². The molecule has 1 unspecified atom stereocenters. The zero-order valence-corrected chi connectivity index (χ0v) is 31.6. The fourth-order valence-electron chi connectivity index (χ4n) is 6.03. The molecule has 0 spiro atoms. The van der Waals surface area contributed by atoms with Crippen molar-refractivity contribution in [1.29, 1.82) is 0 Å². The number of benzene rings is 2. The molecule has 1 aliphatic rings. The molecule has 2 amide bonds. The first-order valence-electron chi connectivity index (χ1n) is 17.9. The summed E-state index contributed by atoms with van der Waals surface area (Å²) in [4.78, 5) is 50.2. The summed E-state index contributed by atoms with van der Waals surface area (Å²) in [5, 5.41) is 18.8. The SMILES string of the molecule is CCCCCCCCN(CC(=O)N1CCc2cc(OC)c(OC)cc2C1Cc1ccc(OC)c(OC)c1)C(=O)CNCCC.O=C(O)/C=C/C(=O)O. The summed E-state index contributed by atoms with van der Waals surface area (Å²) in [7, 11) is 6.49. The van der Waals surface area contributed by atoms with Crippen molar-refractivity contribution in [2.24, 2.45) is 0 Å². The number of ether oxygens (including phenoxy) is 4. The van der Waals surface area contributed by atoms with E-state index in [0.29, 0.717) is 61.1 Å². The van der Waals surface area contributed by atoms with E-state index in [1.54, 1.807) is 33.3 Å². The van der Waals surface area contributed by atoms with Crippen LogP contribution in [-0.4, -0.2) is 105 Å². The van der Waals surface area contributed by atoms with Gasteiger partial charge in [-0.05, 0) is 73.2 Å². The van der Waals surface area contributed by atoms with E-state index < -0.39 is 11.9 Å². The van der Waals surface area contributed by atoms with E-state index in [1.807, 2.05) is 35.2 Å². The molecule has 13 nitrogen and oxygen atoms in total. The Labute approximate surface area is 307 Å². The van der Waals surface area contributed by atoms with Crippen LogP contribution < -0.4 is 24.3 Å². The number of fused-ring (bicyclic) bond motifs is 1. The van der Waals surface area contributed by atoms with Crippen molar-refractivity contribution in [3.63, 3.8) is 0 Å². The minimum Gasteiger partial charge on any atom is -0.493 e. The van der Waals surface area contributed by atoms with Gasteiger partial charge in [0.1, 0.15) is 0 Å². The van der Waals surface area contributed by atoms with E-state index in [4.69, 9.17) is 29.2 Å². The van der Waals surface area contributed by atoms with Crippen molar-refractivity contribution in [2.45, 2.75) is 77.7 Å². The predicted molar refractivity (Wildman–Crippen MR) is 198 cm³/mol. The van der Waals surface area contributed by atoms with E-state index >= 15 is 0 Å². The summed E-state index contributed by atoms with van der Waals surface area (Å²) in [6.07, 6.45) is 10.1. The lowest BCUT2D eigenvalue weighted by Crippen LogP contribution is -2.49. The van der Waals surface area contributed by atoms with Gasteiger partial charge in [0.2, 0.25) is 11.8 Å². The average Bonchev–Trinajstić information content (AvgIpc) is 3.14. The number of rotatable bonds is 21. The van der Waals surface area contributed by atoms with Gasteiger partial charge in [-0.1, -0.05) is 52.0 Å². The zero-order chi connectivity index (χ0) is 38.5. The molecule has 0 bridgehead atoms. The molecule has 288 valence electrons. The number of nitrogens with zero attached hydrogens (tertiary/aromatic N) is 2. The molecule has 0 saturated carbocycles. The Hall–Kier alpha value is -4.78. The van der Waals surface area contributed by atoms with Crippen molar-refractivity contribution < 1.29 is 48.3 Å². The van der Waals surface area contributed by atoms with Crippen LogP contribution in [0, 0.1) is 0 Å². The number of carboxylic acid groups (broad SMARTS) is 2. The maximum Gasteiger partial charge on any atom is 0.328 e. The second-order valence-electron chi connectivity index (χ2n) is 12.4. The van der Waals surface area contributed by atoms with Gasteiger partial charge in [0.05, 0.1) is 47.6 Å². The second kappa shape index (κ2) is 23.6. The van der Waals surface area contributed by atoms with Gasteiger partial charge >= 0.3 is 11.9 Å². The molecule has 0 radical (unpaired) electrons. The second-order valence-corrected chi connectivity index (χ2v) is 12.4. The van der Waals surface area contributed by atoms with Gasteiger partial charge in [-0.15, -0.1) is 0 Å². The molecule has 1 heterocycles. The highest BCUT2D eigenvalue weighted by molar-refractivity contribution is 5.89. The molecule has 0 fully saturated rings. The van der Waals surface area contributed by atoms with E-state index in [9.17, 15) is 19.2 Å². The Morgan fingerprint density at radius 2 is 1.40 bits per heavy atom. The number of hydrogen-bond acceptors (Lipinski definition) is 9. The first-order chi connectivity index (χ1) is 25.0.